The van der Waals surface area contributed by atoms with Gasteiger partial charge in [-0.15, -0.1) is 0 Å². The minimum Gasteiger partial charge on any atom is -0.353 e. The molecule has 1 fully saturated rings. The number of benzene rings is 1. The van der Waals surface area contributed by atoms with E-state index < -0.39 is 0 Å². The van der Waals surface area contributed by atoms with E-state index in [-0.39, 0.29) is 0 Å². The number of anilines is 1. The molecule has 2 aromatic heterocycles. The van der Waals surface area contributed by atoms with Crippen molar-refractivity contribution in [3.05, 3.63) is 59.5 Å². The van der Waals surface area contributed by atoms with Crippen LogP contribution in [0, 0.1) is 18.3 Å². The van der Waals surface area contributed by atoms with Gasteiger partial charge in [0.1, 0.15) is 5.52 Å². The van der Waals surface area contributed by atoms with E-state index in [9.17, 15) is 0 Å². The number of aryl methyl sites for hydroxylation is 1. The molecule has 0 amide bonds. The van der Waals surface area contributed by atoms with Crippen molar-refractivity contribution < 1.29 is 0 Å². The van der Waals surface area contributed by atoms with Crippen LogP contribution in [-0.2, 0) is 6.54 Å². The molecule has 1 saturated heterocycles. The van der Waals surface area contributed by atoms with Crippen LogP contribution in [0.4, 0.5) is 5.82 Å². The Morgan fingerprint density at radius 1 is 1.12 bits per heavy atom. The molecule has 1 aromatic carbocycles. The van der Waals surface area contributed by atoms with Crippen LogP contribution in [0.1, 0.15) is 23.2 Å². The van der Waals surface area contributed by atoms with Crippen molar-refractivity contribution in [2.75, 3.05) is 31.1 Å². The van der Waals surface area contributed by atoms with Crippen LogP contribution in [0.2, 0.25) is 0 Å². The first kappa shape index (κ1) is 16.6. The van der Waals surface area contributed by atoms with Crippen molar-refractivity contribution >= 4 is 11.3 Å². The Kier molecular flexibility index (Phi) is 4.55. The van der Waals surface area contributed by atoms with Gasteiger partial charge in [-0.3, -0.25) is 4.90 Å². The Morgan fingerprint density at radius 3 is 2.77 bits per heavy atom. The Bertz CT molecular complexity index is 937. The van der Waals surface area contributed by atoms with Gasteiger partial charge >= 0.3 is 0 Å². The Morgan fingerprint density at radius 2 is 1.96 bits per heavy atom. The summed E-state index contributed by atoms with van der Waals surface area (Å²) in [5.41, 5.74) is 4.05. The molecule has 6 nitrogen and oxygen atoms in total. The number of hydrogen-bond acceptors (Lipinski definition) is 5. The molecule has 1 aliphatic heterocycles. The molecule has 4 rings (SSSR count). The van der Waals surface area contributed by atoms with E-state index in [1.54, 1.807) is 0 Å². The summed E-state index contributed by atoms with van der Waals surface area (Å²) >= 11 is 0. The molecule has 3 aromatic rings. The minimum absolute atomic E-state index is 0.714. The highest BCUT2D eigenvalue weighted by Gasteiger charge is 2.18. The molecule has 26 heavy (non-hydrogen) atoms. The lowest BCUT2D eigenvalue weighted by molar-refractivity contribution is 0.285. The summed E-state index contributed by atoms with van der Waals surface area (Å²) < 4.78 is 1.91. The fourth-order valence-corrected chi connectivity index (χ4v) is 3.56. The van der Waals surface area contributed by atoms with Crippen LogP contribution < -0.4 is 4.90 Å². The third-order valence-corrected chi connectivity index (χ3v) is 4.87. The van der Waals surface area contributed by atoms with Crippen molar-refractivity contribution in [3.63, 3.8) is 0 Å². The summed E-state index contributed by atoms with van der Waals surface area (Å²) in [6, 6.07) is 12.2. The van der Waals surface area contributed by atoms with E-state index in [4.69, 9.17) is 5.26 Å². The first-order chi connectivity index (χ1) is 12.7. The molecule has 3 heterocycles. The lowest BCUT2D eigenvalue weighted by Gasteiger charge is -2.23. The predicted octanol–water partition coefficient (Wildman–Crippen LogP) is 2.62. The third-order valence-electron chi connectivity index (χ3n) is 4.87. The van der Waals surface area contributed by atoms with Crippen LogP contribution in [0.5, 0.6) is 0 Å². The minimum atomic E-state index is 0.714. The molecule has 0 N–H and O–H groups in total. The third kappa shape index (κ3) is 3.39. The van der Waals surface area contributed by atoms with Crippen LogP contribution in [-0.4, -0.2) is 45.7 Å². The smallest absolute Gasteiger partial charge is 0.154 e. The summed E-state index contributed by atoms with van der Waals surface area (Å²) in [5, 5.41) is 13.4. The normalized spacial score (nSPS) is 15.8. The standard InChI is InChI=1S/C20H22N6/c1-16-13-19-20(22-7-10-26(19)23-16)25-9-2-8-24(11-12-25)15-18-5-3-17(14-21)4-6-18/h3-7,10,13H,2,8-9,11-12,15H2,1H3. The zero-order valence-corrected chi connectivity index (χ0v) is 15.0. The van der Waals surface area contributed by atoms with E-state index in [0.29, 0.717) is 5.56 Å². The maximum atomic E-state index is 8.92. The molecule has 0 atom stereocenters. The first-order valence-electron chi connectivity index (χ1n) is 9.00. The molecule has 0 spiro atoms. The SMILES string of the molecule is Cc1cc2c(N3CCCN(Cc4ccc(C#N)cc4)CC3)nccn2n1. The van der Waals surface area contributed by atoms with E-state index >= 15 is 0 Å². The van der Waals surface area contributed by atoms with Gasteiger partial charge in [0.05, 0.1) is 17.3 Å². The monoisotopic (exact) mass is 346 g/mol. The van der Waals surface area contributed by atoms with Gasteiger partial charge in [0.2, 0.25) is 0 Å². The Labute approximate surface area is 153 Å². The quantitative estimate of drug-likeness (QED) is 0.730. The van der Waals surface area contributed by atoms with Gasteiger partial charge in [0.15, 0.2) is 5.82 Å². The molecule has 132 valence electrons. The van der Waals surface area contributed by atoms with Crippen molar-refractivity contribution in [3.8, 4) is 6.07 Å². The topological polar surface area (TPSA) is 60.5 Å². The maximum absolute atomic E-state index is 8.92. The molecule has 0 radical (unpaired) electrons. The maximum Gasteiger partial charge on any atom is 0.154 e. The fraction of sp³-hybridized carbons (Fsp3) is 0.350. The molecule has 0 unspecified atom stereocenters. The molecular formula is C20H22N6. The van der Waals surface area contributed by atoms with Gasteiger partial charge in [-0.05, 0) is 37.1 Å². The van der Waals surface area contributed by atoms with E-state index in [2.05, 4.69) is 44.2 Å². The second-order valence-corrected chi connectivity index (χ2v) is 6.79. The molecular weight excluding hydrogens is 324 g/mol. The zero-order valence-electron chi connectivity index (χ0n) is 15.0. The van der Waals surface area contributed by atoms with Gasteiger partial charge in [0.25, 0.3) is 0 Å². The van der Waals surface area contributed by atoms with Gasteiger partial charge in [-0.1, -0.05) is 12.1 Å². The molecule has 0 saturated carbocycles. The van der Waals surface area contributed by atoms with E-state index in [0.717, 1.165) is 56.2 Å². The molecule has 0 aliphatic carbocycles. The summed E-state index contributed by atoms with van der Waals surface area (Å²) in [4.78, 5) is 9.48. The van der Waals surface area contributed by atoms with Crippen LogP contribution in [0.3, 0.4) is 0 Å². The highest BCUT2D eigenvalue weighted by molar-refractivity contribution is 5.69. The fourth-order valence-electron chi connectivity index (χ4n) is 3.56. The highest BCUT2D eigenvalue weighted by atomic mass is 15.3. The summed E-state index contributed by atoms with van der Waals surface area (Å²) in [6.07, 6.45) is 4.83. The number of nitrogens with zero attached hydrogens (tertiary/aromatic N) is 6. The summed E-state index contributed by atoms with van der Waals surface area (Å²) in [6.45, 7) is 6.95. The van der Waals surface area contributed by atoms with Gasteiger partial charge < -0.3 is 4.90 Å². The number of nitriles is 1. The average molecular weight is 346 g/mol. The van der Waals surface area contributed by atoms with Crippen LogP contribution in [0.15, 0.2) is 42.7 Å². The second-order valence-electron chi connectivity index (χ2n) is 6.79. The van der Waals surface area contributed by atoms with Crippen molar-refractivity contribution in [1.82, 2.24) is 19.5 Å². The lowest BCUT2D eigenvalue weighted by Crippen LogP contribution is -2.31. The molecule has 6 heteroatoms. The average Bonchev–Trinajstić information content (AvgIpc) is 2.89. The number of fused-ring (bicyclic) bond motifs is 1. The second kappa shape index (κ2) is 7.14. The van der Waals surface area contributed by atoms with Gasteiger partial charge in [-0.25, -0.2) is 9.50 Å². The number of aromatic nitrogens is 3. The van der Waals surface area contributed by atoms with E-state index in [1.165, 1.54) is 5.56 Å². The highest BCUT2D eigenvalue weighted by Crippen LogP contribution is 2.21. The Hall–Kier alpha value is -2.91. The van der Waals surface area contributed by atoms with Gasteiger partial charge in [0, 0.05) is 45.1 Å². The first-order valence-corrected chi connectivity index (χ1v) is 9.00. The van der Waals surface area contributed by atoms with Crippen LogP contribution >= 0.6 is 0 Å². The van der Waals surface area contributed by atoms with Gasteiger partial charge in [-0.2, -0.15) is 10.4 Å². The number of rotatable bonds is 3. The zero-order chi connectivity index (χ0) is 17.9. The summed E-state index contributed by atoms with van der Waals surface area (Å²) in [7, 11) is 0. The predicted molar refractivity (Wildman–Crippen MR) is 101 cm³/mol. The van der Waals surface area contributed by atoms with E-state index in [1.807, 2.05) is 36.0 Å². The Balaban J connectivity index is 1.46. The number of hydrogen-bond donors (Lipinski definition) is 0. The largest absolute Gasteiger partial charge is 0.353 e. The van der Waals surface area contributed by atoms with Crippen molar-refractivity contribution in [2.45, 2.75) is 19.9 Å². The molecule has 0 bridgehead atoms. The molecule has 1 aliphatic rings. The van der Waals surface area contributed by atoms with Crippen molar-refractivity contribution in [1.29, 1.82) is 5.26 Å². The van der Waals surface area contributed by atoms with Crippen LogP contribution in [0.25, 0.3) is 5.52 Å². The lowest BCUT2D eigenvalue weighted by atomic mass is 10.1. The van der Waals surface area contributed by atoms with Crippen molar-refractivity contribution in [2.24, 2.45) is 0 Å². The summed E-state index contributed by atoms with van der Waals surface area (Å²) in [5.74, 6) is 1.02.